The number of hydrogen-bond donors (Lipinski definition) is 2. The van der Waals surface area contributed by atoms with Crippen molar-refractivity contribution in [2.24, 2.45) is 46.3 Å². The van der Waals surface area contributed by atoms with Gasteiger partial charge in [-0.25, -0.2) is 0 Å². The monoisotopic (exact) mass is 605 g/mol. The predicted octanol–water partition coefficient (Wildman–Crippen LogP) is 9.25. The summed E-state index contributed by atoms with van der Waals surface area (Å²) in [6, 6.07) is 0. The summed E-state index contributed by atoms with van der Waals surface area (Å²) in [6.45, 7) is 11.5. The Hall–Kier alpha value is -0.910. The molecule has 8 atom stereocenters. The summed E-state index contributed by atoms with van der Waals surface area (Å²) < 4.78 is 10.9. The number of esters is 1. The molecule has 3 rings (SSSR count). The van der Waals surface area contributed by atoms with Crippen molar-refractivity contribution in [3.8, 4) is 0 Å². The molecular weight excluding hydrogens is 536 g/mol. The highest BCUT2D eigenvalue weighted by Crippen LogP contribution is 2.66. The maximum absolute atomic E-state index is 12.7. The molecule has 0 radical (unpaired) electrons. The number of carbonyl (C=O) groups is 1. The molecule has 43 heavy (non-hydrogen) atoms. The average molecular weight is 605 g/mol. The molecule has 250 valence electrons. The first-order chi connectivity index (χ1) is 20.9. The Labute approximate surface area is 265 Å². The van der Waals surface area contributed by atoms with Gasteiger partial charge < -0.3 is 19.7 Å². The number of methoxy groups -OCH3 is 1. The van der Waals surface area contributed by atoms with E-state index in [2.05, 4.69) is 33.4 Å². The van der Waals surface area contributed by atoms with Gasteiger partial charge in [-0.3, -0.25) is 4.79 Å². The van der Waals surface area contributed by atoms with Gasteiger partial charge in [-0.05, 0) is 111 Å². The minimum absolute atomic E-state index is 0.0621. The zero-order chi connectivity index (χ0) is 31.3. The minimum atomic E-state index is -0.825. The molecule has 0 saturated heterocycles. The molecule has 0 bridgehead atoms. The van der Waals surface area contributed by atoms with Crippen LogP contribution < -0.4 is 0 Å². The van der Waals surface area contributed by atoms with E-state index in [4.69, 9.17) is 9.47 Å². The summed E-state index contributed by atoms with van der Waals surface area (Å²) >= 11 is 0. The van der Waals surface area contributed by atoms with Crippen LogP contribution in [0.1, 0.15) is 149 Å². The third kappa shape index (κ3) is 8.67. The van der Waals surface area contributed by atoms with Crippen molar-refractivity contribution >= 4 is 5.97 Å². The van der Waals surface area contributed by atoms with Gasteiger partial charge in [0.25, 0.3) is 0 Å². The Morgan fingerprint density at radius 2 is 1.51 bits per heavy atom. The lowest BCUT2D eigenvalue weighted by molar-refractivity contribution is -0.142. The molecule has 3 fully saturated rings. The summed E-state index contributed by atoms with van der Waals surface area (Å²) in [4.78, 5) is 12.7. The van der Waals surface area contributed by atoms with Crippen LogP contribution in [0.25, 0.3) is 0 Å². The van der Waals surface area contributed by atoms with Gasteiger partial charge in [-0.1, -0.05) is 84.6 Å². The van der Waals surface area contributed by atoms with E-state index in [1.807, 2.05) is 0 Å². The number of fused-ring (bicyclic) bond motifs is 1. The molecule has 0 aromatic carbocycles. The molecule has 2 N–H and O–H groups in total. The fourth-order valence-electron chi connectivity index (χ4n) is 11.3. The molecule has 0 spiro atoms. The zero-order valence-corrected chi connectivity index (χ0v) is 28.5. The van der Waals surface area contributed by atoms with E-state index in [1.54, 1.807) is 7.11 Å². The third-order valence-electron chi connectivity index (χ3n) is 13.0. The Kier molecular flexibility index (Phi) is 15.5. The second-order valence-corrected chi connectivity index (χ2v) is 14.6. The fraction of sp³-hybridized carbons (Fsp3) is 0.921. The van der Waals surface area contributed by atoms with Gasteiger partial charge in [-0.15, -0.1) is 6.58 Å². The van der Waals surface area contributed by atoms with E-state index in [1.165, 1.54) is 96.3 Å². The van der Waals surface area contributed by atoms with Gasteiger partial charge >= 0.3 is 5.97 Å². The maximum Gasteiger partial charge on any atom is 0.305 e. The molecular formula is C38H68O5. The van der Waals surface area contributed by atoms with Crippen molar-refractivity contribution in [2.75, 3.05) is 20.3 Å². The number of aliphatic hydroxyl groups excluding tert-OH is 2. The molecule has 3 saturated carbocycles. The van der Waals surface area contributed by atoms with Crippen molar-refractivity contribution in [1.29, 1.82) is 0 Å². The average Bonchev–Trinajstić information content (AvgIpc) is 3.33. The summed E-state index contributed by atoms with van der Waals surface area (Å²) in [5, 5.41) is 20.2. The van der Waals surface area contributed by atoms with E-state index in [0.29, 0.717) is 42.4 Å². The molecule has 5 heteroatoms. The summed E-state index contributed by atoms with van der Waals surface area (Å²) in [6.07, 6.45) is 24.5. The quantitative estimate of drug-likeness (QED) is 0.0983. The van der Waals surface area contributed by atoms with Gasteiger partial charge in [0.05, 0.1) is 20.3 Å². The van der Waals surface area contributed by atoms with Gasteiger partial charge in [0.15, 0.2) is 6.29 Å². The second-order valence-electron chi connectivity index (χ2n) is 14.6. The van der Waals surface area contributed by atoms with Crippen LogP contribution in [0.3, 0.4) is 0 Å². The van der Waals surface area contributed by atoms with E-state index in [9.17, 15) is 15.0 Å². The molecule has 0 aromatic rings. The summed E-state index contributed by atoms with van der Waals surface area (Å²) in [5.74, 6) is 3.88. The summed E-state index contributed by atoms with van der Waals surface area (Å²) in [7, 11) is 1.54. The third-order valence-corrected chi connectivity index (χ3v) is 13.0. The van der Waals surface area contributed by atoms with Gasteiger partial charge in [-0.2, -0.15) is 0 Å². The molecule has 0 heterocycles. The number of rotatable bonds is 17. The van der Waals surface area contributed by atoms with E-state index in [0.717, 1.165) is 25.2 Å². The number of aliphatic hydroxyl groups is 2. The van der Waals surface area contributed by atoms with Crippen LogP contribution >= 0.6 is 0 Å². The number of hydrogen-bond acceptors (Lipinski definition) is 5. The number of carbonyl (C=O) groups excluding carboxylic acids is 1. The van der Waals surface area contributed by atoms with Crippen LogP contribution in [-0.2, 0) is 14.3 Å². The lowest BCUT2D eigenvalue weighted by Gasteiger charge is -2.51. The van der Waals surface area contributed by atoms with Crippen molar-refractivity contribution in [2.45, 2.75) is 155 Å². The summed E-state index contributed by atoms with van der Waals surface area (Å²) in [5.41, 5.74) is 0.296. The van der Waals surface area contributed by atoms with Crippen LogP contribution in [0.15, 0.2) is 12.7 Å². The highest BCUT2D eigenvalue weighted by Gasteiger charge is 2.59. The van der Waals surface area contributed by atoms with Gasteiger partial charge in [0.1, 0.15) is 0 Å². The normalized spacial score (nSPS) is 35.8. The molecule has 8 unspecified atom stereocenters. The van der Waals surface area contributed by atoms with Crippen LogP contribution in [0.5, 0.6) is 0 Å². The first kappa shape index (κ1) is 36.6. The predicted molar refractivity (Wildman–Crippen MR) is 176 cm³/mol. The van der Waals surface area contributed by atoms with Crippen LogP contribution in [0.2, 0.25) is 0 Å². The Balaban J connectivity index is 2.07. The highest BCUT2D eigenvalue weighted by atomic mass is 16.6. The van der Waals surface area contributed by atoms with Crippen LogP contribution in [0, 0.1) is 46.3 Å². The molecule has 0 aliphatic heterocycles. The first-order valence-electron chi connectivity index (χ1n) is 18.4. The van der Waals surface area contributed by atoms with E-state index in [-0.39, 0.29) is 30.0 Å². The standard InChI is InChI=1S/C38H68O5/c1-6-16-31-32-19-14-15-20-34(32)38(33(31)9-4,24-21-35(40)42-5)26-25-37(23-22-36(41)43-28-27-39)29(7-2)17-12-10-11-13-18-30(37)8-3/h6,29-34,36,39,41H,1,7-28H2,2-5H3. The molecule has 5 nitrogen and oxygen atoms in total. The fourth-order valence-corrected chi connectivity index (χ4v) is 11.3. The molecule has 0 aromatic heterocycles. The highest BCUT2D eigenvalue weighted by molar-refractivity contribution is 5.69. The van der Waals surface area contributed by atoms with Gasteiger partial charge in [0.2, 0.25) is 0 Å². The zero-order valence-electron chi connectivity index (χ0n) is 28.5. The van der Waals surface area contributed by atoms with Crippen LogP contribution in [0.4, 0.5) is 0 Å². The van der Waals surface area contributed by atoms with Crippen molar-refractivity contribution in [3.05, 3.63) is 12.7 Å². The van der Waals surface area contributed by atoms with E-state index < -0.39 is 6.29 Å². The SMILES string of the molecule is C=CCC1C2CCCCC2C(CCC(=O)OC)(CCC2(CCC(O)OCCO)C(CC)CCCCCCC2CC)C1CC. The molecule has 0 amide bonds. The number of allylic oxidation sites excluding steroid dienone is 1. The van der Waals surface area contributed by atoms with Crippen molar-refractivity contribution in [1.82, 2.24) is 0 Å². The second kappa shape index (κ2) is 18.3. The molecule has 3 aliphatic carbocycles. The van der Waals surface area contributed by atoms with Gasteiger partial charge in [0, 0.05) is 6.42 Å². The number of ether oxygens (including phenoxy) is 2. The first-order valence-corrected chi connectivity index (χ1v) is 18.4. The Morgan fingerprint density at radius 3 is 2.09 bits per heavy atom. The molecule has 3 aliphatic rings. The lowest BCUT2D eigenvalue weighted by atomic mass is 9.54. The van der Waals surface area contributed by atoms with E-state index >= 15 is 0 Å². The topological polar surface area (TPSA) is 76.0 Å². The van der Waals surface area contributed by atoms with Crippen molar-refractivity contribution < 1.29 is 24.5 Å². The minimum Gasteiger partial charge on any atom is -0.469 e. The Morgan fingerprint density at radius 1 is 0.884 bits per heavy atom. The lowest BCUT2D eigenvalue weighted by Crippen LogP contribution is -2.43. The maximum atomic E-state index is 12.7. The smallest absolute Gasteiger partial charge is 0.305 e. The Bertz CT molecular complexity index is 796. The van der Waals surface area contributed by atoms with Crippen LogP contribution in [-0.4, -0.2) is 42.8 Å². The van der Waals surface area contributed by atoms with Crippen molar-refractivity contribution in [3.63, 3.8) is 0 Å². The largest absolute Gasteiger partial charge is 0.469 e.